The summed E-state index contributed by atoms with van der Waals surface area (Å²) in [5.41, 5.74) is 1.43. The minimum atomic E-state index is -1.10. The first-order chi connectivity index (χ1) is 14.9. The minimum absolute atomic E-state index is 0.0270. The molecule has 0 bridgehead atoms. The van der Waals surface area contributed by atoms with Crippen LogP contribution >= 0.6 is 15.9 Å². The van der Waals surface area contributed by atoms with Crippen LogP contribution in [0.3, 0.4) is 0 Å². The van der Waals surface area contributed by atoms with Gasteiger partial charge in [0, 0.05) is 15.7 Å². The quantitative estimate of drug-likeness (QED) is 0.320. The summed E-state index contributed by atoms with van der Waals surface area (Å²) in [6.45, 7) is 0. The van der Waals surface area contributed by atoms with Gasteiger partial charge in [0.25, 0.3) is 11.7 Å². The van der Waals surface area contributed by atoms with Gasteiger partial charge in [0.05, 0.1) is 17.2 Å². The molecule has 2 N–H and O–H groups in total. The first-order valence-electron chi connectivity index (χ1n) is 9.33. The molecule has 3 aromatic rings. The molecule has 4 rings (SSSR count). The van der Waals surface area contributed by atoms with Crippen LogP contribution in [-0.2, 0) is 9.59 Å². The van der Waals surface area contributed by atoms with E-state index in [1.165, 1.54) is 29.2 Å². The van der Waals surface area contributed by atoms with Crippen LogP contribution in [0.4, 0.5) is 5.69 Å². The molecule has 6 nitrogen and oxygen atoms in total. The third kappa shape index (κ3) is 3.75. The lowest BCUT2D eigenvalue weighted by atomic mass is 9.95. The summed E-state index contributed by atoms with van der Waals surface area (Å²) in [4.78, 5) is 38.5. The van der Waals surface area contributed by atoms with Gasteiger partial charge in [0.2, 0.25) is 0 Å². The number of carboxylic acids is 1. The molecule has 1 aliphatic rings. The Hall–Kier alpha value is -3.71. The second-order valence-corrected chi connectivity index (χ2v) is 7.85. The fourth-order valence-electron chi connectivity index (χ4n) is 3.58. The molecule has 1 heterocycles. The Labute approximate surface area is 186 Å². The van der Waals surface area contributed by atoms with Crippen molar-refractivity contribution in [1.82, 2.24) is 0 Å². The predicted molar refractivity (Wildman–Crippen MR) is 119 cm³/mol. The van der Waals surface area contributed by atoms with E-state index in [4.69, 9.17) is 5.11 Å². The number of carbonyl (C=O) groups is 3. The average Bonchev–Trinajstić information content (AvgIpc) is 3.05. The highest BCUT2D eigenvalue weighted by molar-refractivity contribution is 9.10. The van der Waals surface area contributed by atoms with Crippen LogP contribution in [0.15, 0.2) is 88.9 Å². The van der Waals surface area contributed by atoms with E-state index < -0.39 is 23.7 Å². The van der Waals surface area contributed by atoms with Crippen molar-refractivity contribution in [3.63, 3.8) is 0 Å². The maximum atomic E-state index is 13.0. The molecule has 1 fully saturated rings. The summed E-state index contributed by atoms with van der Waals surface area (Å²) in [5, 5.41) is 20.1. The second kappa shape index (κ2) is 8.20. The zero-order chi connectivity index (χ0) is 22.1. The Balaban J connectivity index is 1.91. The van der Waals surface area contributed by atoms with E-state index in [9.17, 15) is 19.5 Å². The van der Waals surface area contributed by atoms with Crippen molar-refractivity contribution < 1.29 is 24.6 Å². The number of benzene rings is 3. The maximum absolute atomic E-state index is 13.0. The average molecular weight is 478 g/mol. The van der Waals surface area contributed by atoms with Crippen molar-refractivity contribution >= 4 is 45.0 Å². The summed E-state index contributed by atoms with van der Waals surface area (Å²) < 4.78 is 0.821. The normalized spacial score (nSPS) is 17.7. The summed E-state index contributed by atoms with van der Waals surface area (Å²) in [6, 6.07) is 20.5. The van der Waals surface area contributed by atoms with Gasteiger partial charge in [-0.2, -0.15) is 0 Å². The zero-order valence-corrected chi connectivity index (χ0v) is 17.6. The lowest BCUT2D eigenvalue weighted by Gasteiger charge is -2.25. The van der Waals surface area contributed by atoms with Crippen LogP contribution in [0.2, 0.25) is 0 Å². The highest BCUT2D eigenvalue weighted by Gasteiger charge is 2.46. The van der Waals surface area contributed by atoms with Crippen molar-refractivity contribution in [3.05, 3.63) is 106 Å². The van der Waals surface area contributed by atoms with Gasteiger partial charge in [0.15, 0.2) is 0 Å². The fraction of sp³-hybridized carbons (Fsp3) is 0.0417. The molecule has 1 saturated heterocycles. The number of amides is 1. The molecule has 0 radical (unpaired) electrons. The molecule has 7 heteroatoms. The minimum Gasteiger partial charge on any atom is -0.507 e. The van der Waals surface area contributed by atoms with Gasteiger partial charge in [-0.15, -0.1) is 0 Å². The lowest BCUT2D eigenvalue weighted by molar-refractivity contribution is -0.132. The third-order valence-corrected chi connectivity index (χ3v) is 5.60. The third-order valence-electron chi connectivity index (χ3n) is 5.07. The number of aliphatic hydroxyl groups excluding tert-OH is 1. The number of rotatable bonds is 4. The number of aliphatic hydroxyl groups is 1. The number of nitrogens with zero attached hydrogens (tertiary/aromatic N) is 1. The van der Waals surface area contributed by atoms with Gasteiger partial charge in [-0.05, 0) is 42.0 Å². The number of halogens is 1. The number of Topliss-reactive ketones (excluding diaryl/α,β-unsaturated/α-hetero) is 1. The van der Waals surface area contributed by atoms with Crippen LogP contribution in [-0.4, -0.2) is 27.9 Å². The smallest absolute Gasteiger partial charge is 0.335 e. The molecule has 1 aliphatic heterocycles. The summed E-state index contributed by atoms with van der Waals surface area (Å²) in [5.74, 6) is -2.97. The lowest BCUT2D eigenvalue weighted by Crippen LogP contribution is -2.29. The predicted octanol–water partition coefficient (Wildman–Crippen LogP) is 4.77. The number of hydrogen-bond acceptors (Lipinski definition) is 4. The van der Waals surface area contributed by atoms with E-state index in [0.29, 0.717) is 16.8 Å². The van der Waals surface area contributed by atoms with Gasteiger partial charge < -0.3 is 10.2 Å². The molecule has 154 valence electrons. The van der Waals surface area contributed by atoms with Gasteiger partial charge in [0.1, 0.15) is 5.76 Å². The summed E-state index contributed by atoms with van der Waals surface area (Å²) >= 11 is 3.38. The SMILES string of the molecule is O=C1C(=O)N(c2ccc(C(=O)O)cc2)C(c2ccc(Br)cc2)/C1=C(\O)c1ccccc1. The number of carboxylic acid groups (broad SMARTS) is 1. The highest BCUT2D eigenvalue weighted by atomic mass is 79.9. The number of anilines is 1. The molecule has 1 unspecified atom stereocenters. The van der Waals surface area contributed by atoms with E-state index >= 15 is 0 Å². The Morgan fingerprint density at radius 3 is 2.00 bits per heavy atom. The molecule has 0 saturated carbocycles. The zero-order valence-electron chi connectivity index (χ0n) is 16.0. The standard InChI is InChI=1S/C24H16BrNO5/c25-17-10-6-14(7-11-17)20-19(21(27)15-4-2-1-3-5-15)22(28)23(29)26(20)18-12-8-16(9-13-18)24(30)31/h1-13,20,27H,(H,30,31)/b21-19+. The molecule has 0 aliphatic carbocycles. The van der Waals surface area contributed by atoms with E-state index in [2.05, 4.69) is 15.9 Å². The van der Waals surface area contributed by atoms with Crippen LogP contribution < -0.4 is 4.90 Å². The topological polar surface area (TPSA) is 94.9 Å². The van der Waals surface area contributed by atoms with E-state index in [0.717, 1.165) is 4.47 Å². The van der Waals surface area contributed by atoms with E-state index in [1.54, 1.807) is 54.6 Å². The van der Waals surface area contributed by atoms with Crippen LogP contribution in [0.5, 0.6) is 0 Å². The molecular weight excluding hydrogens is 462 g/mol. The first-order valence-corrected chi connectivity index (χ1v) is 10.1. The van der Waals surface area contributed by atoms with Crippen molar-refractivity contribution in [3.8, 4) is 0 Å². The number of hydrogen-bond donors (Lipinski definition) is 2. The molecular formula is C24H16BrNO5. The van der Waals surface area contributed by atoms with Crippen LogP contribution in [0, 0.1) is 0 Å². The Morgan fingerprint density at radius 2 is 1.42 bits per heavy atom. The Kier molecular flexibility index (Phi) is 5.44. The molecule has 3 aromatic carbocycles. The number of ketones is 1. The summed E-state index contributed by atoms with van der Waals surface area (Å²) in [6.07, 6.45) is 0. The molecule has 0 aromatic heterocycles. The van der Waals surface area contributed by atoms with Crippen LogP contribution in [0.1, 0.15) is 27.5 Å². The number of aromatic carboxylic acids is 1. The maximum Gasteiger partial charge on any atom is 0.335 e. The number of carbonyl (C=O) groups excluding carboxylic acids is 2. The molecule has 1 atom stereocenters. The van der Waals surface area contributed by atoms with Crippen molar-refractivity contribution in [2.75, 3.05) is 4.90 Å². The molecule has 0 spiro atoms. The van der Waals surface area contributed by atoms with Gasteiger partial charge in [-0.3, -0.25) is 14.5 Å². The monoisotopic (exact) mass is 477 g/mol. The fourth-order valence-corrected chi connectivity index (χ4v) is 3.84. The van der Waals surface area contributed by atoms with Crippen molar-refractivity contribution in [1.29, 1.82) is 0 Å². The highest BCUT2D eigenvalue weighted by Crippen LogP contribution is 2.42. The summed E-state index contributed by atoms with van der Waals surface area (Å²) in [7, 11) is 0. The van der Waals surface area contributed by atoms with Crippen molar-refractivity contribution in [2.24, 2.45) is 0 Å². The first kappa shape index (κ1) is 20.6. The molecule has 1 amide bonds. The largest absolute Gasteiger partial charge is 0.507 e. The van der Waals surface area contributed by atoms with Gasteiger partial charge in [-0.1, -0.05) is 58.4 Å². The van der Waals surface area contributed by atoms with Gasteiger partial charge >= 0.3 is 5.97 Å². The second-order valence-electron chi connectivity index (χ2n) is 6.94. The Bertz CT molecular complexity index is 1200. The van der Waals surface area contributed by atoms with E-state index in [1.807, 2.05) is 0 Å². The van der Waals surface area contributed by atoms with E-state index in [-0.39, 0.29) is 16.9 Å². The van der Waals surface area contributed by atoms with Crippen molar-refractivity contribution in [2.45, 2.75) is 6.04 Å². The van der Waals surface area contributed by atoms with Gasteiger partial charge in [-0.25, -0.2) is 4.79 Å². The Morgan fingerprint density at radius 1 is 0.806 bits per heavy atom. The van der Waals surface area contributed by atoms with Crippen LogP contribution in [0.25, 0.3) is 5.76 Å². The molecule has 31 heavy (non-hydrogen) atoms.